The highest BCUT2D eigenvalue weighted by atomic mass is 16.5. The summed E-state index contributed by atoms with van der Waals surface area (Å²) < 4.78 is 5.94. The Kier molecular flexibility index (Phi) is 4.20. The average molecular weight is 351 g/mol. The number of anilines is 1. The van der Waals surface area contributed by atoms with Gasteiger partial charge in [-0.1, -0.05) is 0 Å². The van der Waals surface area contributed by atoms with Gasteiger partial charge in [-0.25, -0.2) is 0 Å². The lowest BCUT2D eigenvalue weighted by atomic mass is 10.1. The summed E-state index contributed by atoms with van der Waals surface area (Å²) in [5, 5.41) is 1.04. The zero-order valence-electron chi connectivity index (χ0n) is 14.8. The van der Waals surface area contributed by atoms with Crippen molar-refractivity contribution in [1.29, 1.82) is 0 Å². The molecule has 1 atom stereocenters. The molecule has 1 aromatic carbocycles. The monoisotopic (exact) mass is 351 g/mol. The maximum atomic E-state index is 12.8. The molecule has 4 rings (SSSR count). The van der Waals surface area contributed by atoms with Crippen molar-refractivity contribution in [2.24, 2.45) is 0 Å². The first-order valence-corrected chi connectivity index (χ1v) is 8.62. The predicted molar refractivity (Wildman–Crippen MR) is 99.6 cm³/mol. The van der Waals surface area contributed by atoms with E-state index in [2.05, 4.69) is 15.0 Å². The lowest BCUT2D eigenvalue weighted by molar-refractivity contribution is 0.0771. The van der Waals surface area contributed by atoms with Crippen LogP contribution < -0.4 is 9.64 Å². The number of hydrogen-bond donors (Lipinski definition) is 1. The van der Waals surface area contributed by atoms with Gasteiger partial charge in [-0.05, 0) is 24.3 Å². The van der Waals surface area contributed by atoms with E-state index >= 15 is 0 Å². The first-order chi connectivity index (χ1) is 12.6. The van der Waals surface area contributed by atoms with Gasteiger partial charge >= 0.3 is 0 Å². The number of amides is 1. The first kappa shape index (κ1) is 16.4. The van der Waals surface area contributed by atoms with Crippen molar-refractivity contribution in [3.8, 4) is 5.88 Å². The predicted octanol–water partition coefficient (Wildman–Crippen LogP) is 2.32. The van der Waals surface area contributed by atoms with Crippen LogP contribution in [0.1, 0.15) is 16.8 Å². The number of carbonyl (C=O) groups excluding carboxylic acids is 1. The minimum absolute atomic E-state index is 0.0346. The van der Waals surface area contributed by atoms with Crippen LogP contribution in [0.4, 0.5) is 5.82 Å². The fraction of sp³-hybridized carbons (Fsp3) is 0.316. The number of hydrogen-bond acceptors (Lipinski definition) is 5. The second kappa shape index (κ2) is 6.67. The zero-order chi connectivity index (χ0) is 18.1. The van der Waals surface area contributed by atoms with Gasteiger partial charge in [-0.2, -0.15) is 4.98 Å². The molecule has 1 saturated heterocycles. The van der Waals surface area contributed by atoms with E-state index in [4.69, 9.17) is 4.74 Å². The number of likely N-dealkylation sites (tertiary alicyclic amines) is 1. The highest BCUT2D eigenvalue weighted by molar-refractivity contribution is 5.98. The van der Waals surface area contributed by atoms with Crippen LogP contribution in [0.2, 0.25) is 0 Å². The van der Waals surface area contributed by atoms with Gasteiger partial charge in [0.25, 0.3) is 5.91 Å². The highest BCUT2D eigenvalue weighted by Crippen LogP contribution is 2.21. The lowest BCUT2D eigenvalue weighted by Crippen LogP contribution is -2.31. The topological polar surface area (TPSA) is 74.3 Å². The number of ether oxygens (including phenoxy) is 1. The molecule has 0 radical (unpaired) electrons. The third-order valence-electron chi connectivity index (χ3n) is 4.58. The molecule has 26 heavy (non-hydrogen) atoms. The van der Waals surface area contributed by atoms with Crippen LogP contribution in [0, 0.1) is 0 Å². The van der Waals surface area contributed by atoms with E-state index < -0.39 is 0 Å². The smallest absolute Gasteiger partial charge is 0.254 e. The molecule has 3 aromatic rings. The second-order valence-corrected chi connectivity index (χ2v) is 6.67. The van der Waals surface area contributed by atoms with E-state index in [9.17, 15) is 4.79 Å². The molecule has 0 spiro atoms. The fourth-order valence-electron chi connectivity index (χ4n) is 3.16. The van der Waals surface area contributed by atoms with Crippen molar-refractivity contribution in [1.82, 2.24) is 19.9 Å². The number of nitrogens with zero attached hydrogens (tertiary/aromatic N) is 4. The standard InChI is InChI=1S/C19H21N5O2/c1-23(2)17-10-20-11-18(22-17)26-15-6-8-24(12-15)19(25)14-3-4-16-13(9-14)5-7-21-16/h3-5,7,9-11,15,21H,6,8,12H2,1-2H3/t15-/m1/s1. The molecule has 1 fully saturated rings. The van der Waals surface area contributed by atoms with E-state index in [1.807, 2.05) is 54.4 Å². The molecule has 0 aliphatic carbocycles. The zero-order valence-corrected chi connectivity index (χ0v) is 14.8. The summed E-state index contributed by atoms with van der Waals surface area (Å²) in [4.78, 5) is 28.2. The van der Waals surface area contributed by atoms with Gasteiger partial charge < -0.3 is 19.5 Å². The van der Waals surface area contributed by atoms with Crippen molar-refractivity contribution in [2.75, 3.05) is 32.1 Å². The van der Waals surface area contributed by atoms with Crippen LogP contribution in [0.25, 0.3) is 10.9 Å². The molecule has 0 unspecified atom stereocenters. The quantitative estimate of drug-likeness (QED) is 0.781. The van der Waals surface area contributed by atoms with Gasteiger partial charge in [0, 0.05) is 49.7 Å². The molecule has 1 aliphatic heterocycles. The molecule has 1 amide bonds. The Bertz CT molecular complexity index is 936. The SMILES string of the molecule is CN(C)c1cncc(O[C@@H]2CCN(C(=O)c3ccc4[nH]ccc4c3)C2)n1. The molecule has 2 aromatic heterocycles. The van der Waals surface area contributed by atoms with Gasteiger partial charge in [-0.3, -0.25) is 9.78 Å². The number of fused-ring (bicyclic) bond motifs is 1. The van der Waals surface area contributed by atoms with Crippen LogP contribution in [0.15, 0.2) is 42.9 Å². The van der Waals surface area contributed by atoms with E-state index in [1.165, 1.54) is 0 Å². The summed E-state index contributed by atoms with van der Waals surface area (Å²) in [5.74, 6) is 1.27. The number of rotatable bonds is 4. The van der Waals surface area contributed by atoms with Crippen LogP contribution >= 0.6 is 0 Å². The summed E-state index contributed by atoms with van der Waals surface area (Å²) in [6, 6.07) is 7.70. The van der Waals surface area contributed by atoms with Crippen molar-refractivity contribution in [2.45, 2.75) is 12.5 Å². The molecule has 0 saturated carbocycles. The summed E-state index contributed by atoms with van der Waals surface area (Å²) in [7, 11) is 3.82. The van der Waals surface area contributed by atoms with Gasteiger partial charge in [-0.15, -0.1) is 0 Å². The molecule has 1 N–H and O–H groups in total. The van der Waals surface area contributed by atoms with Crippen LogP contribution in [-0.4, -0.2) is 59.0 Å². The Morgan fingerprint density at radius 3 is 3.04 bits per heavy atom. The number of aromatic amines is 1. The Morgan fingerprint density at radius 2 is 2.19 bits per heavy atom. The third-order valence-corrected chi connectivity index (χ3v) is 4.58. The number of benzene rings is 1. The minimum Gasteiger partial charge on any atom is -0.471 e. The van der Waals surface area contributed by atoms with Gasteiger partial charge in [0.05, 0.1) is 18.9 Å². The van der Waals surface area contributed by atoms with E-state index in [0.717, 1.165) is 23.1 Å². The van der Waals surface area contributed by atoms with Crippen LogP contribution in [-0.2, 0) is 0 Å². The molecule has 7 nitrogen and oxygen atoms in total. The summed E-state index contributed by atoms with van der Waals surface area (Å²) in [6.45, 7) is 1.23. The normalized spacial score (nSPS) is 16.8. The van der Waals surface area contributed by atoms with E-state index in [1.54, 1.807) is 12.4 Å². The molecular weight excluding hydrogens is 330 g/mol. The van der Waals surface area contributed by atoms with Crippen molar-refractivity contribution < 1.29 is 9.53 Å². The number of carbonyl (C=O) groups is 1. The maximum absolute atomic E-state index is 12.8. The molecule has 7 heteroatoms. The number of nitrogens with one attached hydrogen (secondary N) is 1. The molecular formula is C19H21N5O2. The highest BCUT2D eigenvalue weighted by Gasteiger charge is 2.28. The van der Waals surface area contributed by atoms with Crippen LogP contribution in [0.5, 0.6) is 5.88 Å². The van der Waals surface area contributed by atoms with Gasteiger partial charge in [0.2, 0.25) is 5.88 Å². The summed E-state index contributed by atoms with van der Waals surface area (Å²) >= 11 is 0. The van der Waals surface area contributed by atoms with E-state index in [-0.39, 0.29) is 12.0 Å². The van der Waals surface area contributed by atoms with Gasteiger partial charge in [0.15, 0.2) is 5.82 Å². The van der Waals surface area contributed by atoms with E-state index in [0.29, 0.717) is 24.5 Å². The lowest BCUT2D eigenvalue weighted by Gasteiger charge is -2.18. The summed E-state index contributed by atoms with van der Waals surface area (Å²) in [5.41, 5.74) is 1.73. The maximum Gasteiger partial charge on any atom is 0.254 e. The molecule has 3 heterocycles. The van der Waals surface area contributed by atoms with Crippen molar-refractivity contribution in [3.63, 3.8) is 0 Å². The summed E-state index contributed by atoms with van der Waals surface area (Å²) in [6.07, 6.45) is 5.89. The minimum atomic E-state index is -0.0679. The third kappa shape index (κ3) is 3.20. The van der Waals surface area contributed by atoms with Crippen molar-refractivity contribution in [3.05, 3.63) is 48.4 Å². The molecule has 134 valence electrons. The van der Waals surface area contributed by atoms with Crippen molar-refractivity contribution >= 4 is 22.6 Å². The Morgan fingerprint density at radius 1 is 1.31 bits per heavy atom. The van der Waals surface area contributed by atoms with Crippen LogP contribution in [0.3, 0.4) is 0 Å². The van der Waals surface area contributed by atoms with Gasteiger partial charge in [0.1, 0.15) is 6.10 Å². The number of aromatic nitrogens is 3. The molecule has 1 aliphatic rings. The Labute approximate surface area is 151 Å². The number of H-pyrrole nitrogens is 1. The Hall–Kier alpha value is -3.09. The second-order valence-electron chi connectivity index (χ2n) is 6.67. The Balaban J connectivity index is 1.43. The largest absolute Gasteiger partial charge is 0.471 e. The molecule has 0 bridgehead atoms. The fourth-order valence-corrected chi connectivity index (χ4v) is 3.16. The average Bonchev–Trinajstić information content (AvgIpc) is 3.30. The first-order valence-electron chi connectivity index (χ1n) is 8.62.